The number of amides is 1. The second-order valence-corrected chi connectivity index (χ2v) is 10.4. The van der Waals surface area contributed by atoms with Crippen molar-refractivity contribution in [3.8, 4) is 0 Å². The number of ether oxygens (including phenoxy) is 1. The summed E-state index contributed by atoms with van der Waals surface area (Å²) in [4.78, 5) is 13.1. The molecular weight excluding hydrogens is 420 g/mol. The number of nitrogens with zero attached hydrogens (tertiary/aromatic N) is 1. The molecule has 1 aromatic heterocycles. The molecule has 1 amide bonds. The fraction of sp³-hybridized carbons (Fsp3) is 0.421. The first kappa shape index (κ1) is 19.8. The van der Waals surface area contributed by atoms with Crippen LogP contribution in [-0.4, -0.2) is 51.5 Å². The van der Waals surface area contributed by atoms with Gasteiger partial charge in [-0.05, 0) is 42.0 Å². The summed E-state index contributed by atoms with van der Waals surface area (Å²) in [5, 5.41) is 5.28. The first-order chi connectivity index (χ1) is 13.4. The topological polar surface area (TPSA) is 75.7 Å². The third-order valence-electron chi connectivity index (χ3n) is 5.32. The first-order valence-electron chi connectivity index (χ1n) is 9.12. The van der Waals surface area contributed by atoms with Gasteiger partial charge in [0, 0.05) is 30.1 Å². The molecule has 0 spiro atoms. The highest BCUT2D eigenvalue weighted by atomic mass is 35.5. The molecule has 4 rings (SSSR count). The van der Waals surface area contributed by atoms with Crippen LogP contribution >= 0.6 is 22.9 Å². The zero-order valence-corrected chi connectivity index (χ0v) is 17.6. The number of carbonyl (C=O) groups excluding carboxylic acids is 1. The second kappa shape index (κ2) is 7.76. The molecule has 1 aliphatic heterocycles. The van der Waals surface area contributed by atoms with Gasteiger partial charge in [0.15, 0.2) is 0 Å². The lowest BCUT2D eigenvalue weighted by molar-refractivity contribution is 0.0730. The van der Waals surface area contributed by atoms with Gasteiger partial charge in [-0.15, -0.1) is 11.3 Å². The Morgan fingerprint density at radius 1 is 1.18 bits per heavy atom. The molecule has 28 heavy (non-hydrogen) atoms. The summed E-state index contributed by atoms with van der Waals surface area (Å²) >= 11 is 7.12. The van der Waals surface area contributed by atoms with Crippen LogP contribution in [-0.2, 0) is 20.2 Å². The molecule has 2 aliphatic rings. The Labute approximate surface area is 173 Å². The molecule has 0 bridgehead atoms. The number of halogens is 1. The lowest BCUT2D eigenvalue weighted by atomic mass is 9.96. The molecule has 150 valence electrons. The Kier molecular flexibility index (Phi) is 5.50. The van der Waals surface area contributed by atoms with Gasteiger partial charge < -0.3 is 10.1 Å². The molecule has 9 heteroatoms. The van der Waals surface area contributed by atoms with Crippen LogP contribution in [0, 0.1) is 0 Å². The van der Waals surface area contributed by atoms with Gasteiger partial charge in [-0.1, -0.05) is 23.7 Å². The van der Waals surface area contributed by atoms with E-state index in [4.69, 9.17) is 16.3 Å². The summed E-state index contributed by atoms with van der Waals surface area (Å²) in [5.74, 6) is -0.345. The Morgan fingerprint density at radius 2 is 1.86 bits per heavy atom. The summed E-state index contributed by atoms with van der Waals surface area (Å²) in [7, 11) is -3.70. The minimum Gasteiger partial charge on any atom is -0.379 e. The predicted octanol–water partition coefficient (Wildman–Crippen LogP) is 2.88. The van der Waals surface area contributed by atoms with Crippen molar-refractivity contribution in [2.45, 2.75) is 23.2 Å². The van der Waals surface area contributed by atoms with E-state index < -0.39 is 10.0 Å². The molecule has 1 N–H and O–H groups in total. The fourth-order valence-corrected chi connectivity index (χ4v) is 6.29. The van der Waals surface area contributed by atoms with E-state index in [9.17, 15) is 13.2 Å². The normalized spacial score (nSPS) is 19.3. The van der Waals surface area contributed by atoms with Crippen LogP contribution in [0.2, 0.25) is 5.02 Å². The average molecular weight is 441 g/mol. The molecule has 2 aromatic rings. The standard InChI is InChI=1S/C19H21ClN2O4S2/c20-15-3-1-14(2-4-15)19(6-7-19)13-21-18(23)17-16(5-12-27-17)28(24,25)22-8-10-26-11-9-22/h1-5,12H,6-11,13H2,(H,21,23). The number of morpholine rings is 1. The summed E-state index contributed by atoms with van der Waals surface area (Å²) < 4.78 is 32.5. The Balaban J connectivity index is 1.48. The summed E-state index contributed by atoms with van der Waals surface area (Å²) in [5.41, 5.74) is 1.06. The smallest absolute Gasteiger partial charge is 0.262 e. The third-order valence-corrected chi connectivity index (χ3v) is 8.56. The summed E-state index contributed by atoms with van der Waals surface area (Å²) in [6.45, 7) is 1.82. The van der Waals surface area contributed by atoms with Crippen molar-refractivity contribution < 1.29 is 17.9 Å². The number of thiophene rings is 1. The van der Waals surface area contributed by atoms with Gasteiger partial charge in [0.2, 0.25) is 10.0 Å². The van der Waals surface area contributed by atoms with Gasteiger partial charge in [0.1, 0.15) is 9.77 Å². The molecule has 1 saturated carbocycles. The largest absolute Gasteiger partial charge is 0.379 e. The lowest BCUT2D eigenvalue weighted by Crippen LogP contribution is -2.41. The molecule has 0 unspecified atom stereocenters. The number of benzene rings is 1. The Hall–Kier alpha value is -1.45. The number of sulfonamides is 1. The fourth-order valence-electron chi connectivity index (χ4n) is 3.44. The molecule has 1 aromatic carbocycles. The summed E-state index contributed by atoms with van der Waals surface area (Å²) in [6, 6.07) is 9.19. The van der Waals surface area contributed by atoms with Crippen LogP contribution in [0.4, 0.5) is 0 Å². The summed E-state index contributed by atoms with van der Waals surface area (Å²) in [6.07, 6.45) is 1.97. The molecule has 0 atom stereocenters. The number of hydrogen-bond acceptors (Lipinski definition) is 5. The minimum absolute atomic E-state index is 0.0771. The third kappa shape index (κ3) is 3.84. The highest BCUT2D eigenvalue weighted by Crippen LogP contribution is 2.47. The van der Waals surface area contributed by atoms with Gasteiger partial charge in [0.25, 0.3) is 5.91 Å². The van der Waals surface area contributed by atoms with Crippen molar-refractivity contribution in [2.24, 2.45) is 0 Å². The van der Waals surface area contributed by atoms with Crippen LogP contribution in [0.25, 0.3) is 0 Å². The van der Waals surface area contributed by atoms with Crippen LogP contribution in [0.1, 0.15) is 28.1 Å². The van der Waals surface area contributed by atoms with Gasteiger partial charge in [-0.3, -0.25) is 4.79 Å². The van der Waals surface area contributed by atoms with E-state index in [1.807, 2.05) is 24.3 Å². The van der Waals surface area contributed by atoms with E-state index in [2.05, 4.69) is 5.32 Å². The molecule has 0 radical (unpaired) electrons. The van der Waals surface area contributed by atoms with Gasteiger partial charge >= 0.3 is 0 Å². The molecule has 1 saturated heterocycles. The molecule has 1 aliphatic carbocycles. The number of rotatable bonds is 6. The quantitative estimate of drug-likeness (QED) is 0.749. The second-order valence-electron chi connectivity index (χ2n) is 7.10. The van der Waals surface area contributed by atoms with Crippen LogP contribution in [0.15, 0.2) is 40.6 Å². The van der Waals surface area contributed by atoms with E-state index >= 15 is 0 Å². The maximum Gasteiger partial charge on any atom is 0.262 e. The SMILES string of the molecule is O=C(NCC1(c2ccc(Cl)cc2)CC1)c1sccc1S(=O)(=O)N1CCOCC1. The first-order valence-corrected chi connectivity index (χ1v) is 11.8. The van der Waals surface area contributed by atoms with Gasteiger partial charge in [0.05, 0.1) is 13.2 Å². The van der Waals surface area contributed by atoms with Gasteiger partial charge in [-0.2, -0.15) is 4.31 Å². The highest BCUT2D eigenvalue weighted by Gasteiger charge is 2.44. The van der Waals surface area contributed by atoms with E-state index in [1.165, 1.54) is 10.4 Å². The van der Waals surface area contributed by atoms with Crippen molar-refractivity contribution in [3.05, 3.63) is 51.2 Å². The molecular formula is C19H21ClN2O4S2. The van der Waals surface area contributed by atoms with Crippen molar-refractivity contribution in [2.75, 3.05) is 32.8 Å². The van der Waals surface area contributed by atoms with Crippen molar-refractivity contribution in [1.29, 1.82) is 0 Å². The number of carbonyl (C=O) groups is 1. The zero-order chi connectivity index (χ0) is 19.8. The number of hydrogen-bond donors (Lipinski definition) is 1. The van der Waals surface area contributed by atoms with Crippen molar-refractivity contribution in [3.63, 3.8) is 0 Å². The minimum atomic E-state index is -3.70. The Morgan fingerprint density at radius 3 is 2.50 bits per heavy atom. The van der Waals surface area contributed by atoms with Crippen molar-refractivity contribution in [1.82, 2.24) is 9.62 Å². The monoisotopic (exact) mass is 440 g/mol. The van der Waals surface area contributed by atoms with Crippen LogP contribution in [0.3, 0.4) is 0 Å². The molecule has 2 fully saturated rings. The maximum absolute atomic E-state index is 12.9. The van der Waals surface area contributed by atoms with Crippen LogP contribution < -0.4 is 5.32 Å². The number of nitrogens with one attached hydrogen (secondary N) is 1. The van der Waals surface area contributed by atoms with E-state index in [0.717, 1.165) is 29.7 Å². The lowest BCUT2D eigenvalue weighted by Gasteiger charge is -2.26. The highest BCUT2D eigenvalue weighted by molar-refractivity contribution is 7.89. The Bertz CT molecular complexity index is 962. The molecule has 6 nitrogen and oxygen atoms in total. The van der Waals surface area contributed by atoms with Gasteiger partial charge in [-0.25, -0.2) is 8.42 Å². The van der Waals surface area contributed by atoms with Crippen molar-refractivity contribution >= 4 is 38.9 Å². The van der Waals surface area contributed by atoms with E-state index in [-0.39, 0.29) is 21.1 Å². The maximum atomic E-state index is 12.9. The van der Waals surface area contributed by atoms with E-state index in [0.29, 0.717) is 37.9 Å². The van der Waals surface area contributed by atoms with E-state index in [1.54, 1.807) is 5.38 Å². The molecule has 2 heterocycles. The van der Waals surface area contributed by atoms with Crippen LogP contribution in [0.5, 0.6) is 0 Å². The predicted molar refractivity (Wildman–Crippen MR) is 109 cm³/mol. The zero-order valence-electron chi connectivity index (χ0n) is 15.2. The average Bonchev–Trinajstić information content (AvgIpc) is 3.32.